The predicted octanol–water partition coefficient (Wildman–Crippen LogP) is 0.117. The van der Waals surface area contributed by atoms with Crippen molar-refractivity contribution in [1.29, 1.82) is 0 Å². The van der Waals surface area contributed by atoms with E-state index in [9.17, 15) is 15.0 Å². The van der Waals surface area contributed by atoms with Crippen molar-refractivity contribution in [3.63, 3.8) is 0 Å². The van der Waals surface area contributed by atoms with Gasteiger partial charge in [-0.05, 0) is 19.0 Å². The molecule has 0 bridgehead atoms. The lowest BCUT2D eigenvalue weighted by Crippen LogP contribution is -2.45. The molecule has 1 heterocycles. The summed E-state index contributed by atoms with van der Waals surface area (Å²) >= 11 is 0. The van der Waals surface area contributed by atoms with Crippen LogP contribution in [0.15, 0.2) is 24.3 Å². The Bertz CT molecular complexity index is 456. The second kappa shape index (κ2) is 5.59. The molecule has 1 aliphatic rings. The average molecular weight is 264 g/mol. The van der Waals surface area contributed by atoms with Crippen LogP contribution >= 0.6 is 0 Å². The van der Waals surface area contributed by atoms with Crippen molar-refractivity contribution >= 4 is 5.91 Å². The second-order valence-electron chi connectivity index (χ2n) is 5.21. The van der Waals surface area contributed by atoms with Crippen LogP contribution in [-0.4, -0.2) is 53.3 Å². The lowest BCUT2D eigenvalue weighted by molar-refractivity contribution is -0.132. The molecular formula is C14H20N2O3. The van der Waals surface area contributed by atoms with E-state index in [-0.39, 0.29) is 18.1 Å². The highest BCUT2D eigenvalue weighted by Gasteiger charge is 2.33. The van der Waals surface area contributed by atoms with E-state index >= 15 is 0 Å². The van der Waals surface area contributed by atoms with Gasteiger partial charge in [0.05, 0.1) is 18.6 Å². The number of hydrogen-bond donors (Lipinski definition) is 3. The van der Waals surface area contributed by atoms with Crippen molar-refractivity contribution in [3.8, 4) is 5.75 Å². The van der Waals surface area contributed by atoms with Crippen LogP contribution in [0.25, 0.3) is 0 Å². The second-order valence-corrected chi connectivity index (χ2v) is 5.21. The summed E-state index contributed by atoms with van der Waals surface area (Å²) in [6.07, 6.45) is 0.799. The van der Waals surface area contributed by atoms with Crippen LogP contribution < -0.4 is 5.32 Å². The number of carbonyl (C=O) groups is 1. The zero-order valence-corrected chi connectivity index (χ0v) is 11.1. The first kappa shape index (κ1) is 13.8. The van der Waals surface area contributed by atoms with Crippen molar-refractivity contribution in [2.45, 2.75) is 18.4 Å². The molecule has 19 heavy (non-hydrogen) atoms. The van der Waals surface area contributed by atoms with E-state index in [4.69, 9.17) is 0 Å². The number of β-amino-alcohol motifs (C(OH)–C–C–N with tert-alkyl or cyclic N) is 1. The van der Waals surface area contributed by atoms with Crippen molar-refractivity contribution in [2.75, 3.05) is 26.7 Å². The molecule has 0 saturated carbocycles. The van der Waals surface area contributed by atoms with Gasteiger partial charge >= 0.3 is 0 Å². The molecule has 5 heteroatoms. The molecule has 1 aromatic rings. The van der Waals surface area contributed by atoms with E-state index in [0.717, 1.165) is 6.54 Å². The fourth-order valence-electron chi connectivity index (χ4n) is 2.35. The Labute approximate surface area is 112 Å². The van der Waals surface area contributed by atoms with Crippen LogP contribution in [0, 0.1) is 0 Å². The van der Waals surface area contributed by atoms with Gasteiger partial charge in [0.1, 0.15) is 5.75 Å². The fraction of sp³-hybridized carbons (Fsp3) is 0.500. The van der Waals surface area contributed by atoms with Gasteiger partial charge in [0, 0.05) is 19.2 Å². The molecule has 0 aromatic heterocycles. The minimum atomic E-state index is -0.830. The summed E-state index contributed by atoms with van der Waals surface area (Å²) in [5, 5.41) is 23.0. The molecule has 1 saturated heterocycles. The number of nitrogens with zero attached hydrogens (tertiary/aromatic N) is 1. The number of amides is 1. The van der Waals surface area contributed by atoms with E-state index in [2.05, 4.69) is 5.32 Å². The number of carbonyl (C=O) groups excluding carboxylic acids is 1. The third kappa shape index (κ3) is 3.45. The molecule has 0 radical (unpaired) electrons. The van der Waals surface area contributed by atoms with E-state index < -0.39 is 5.60 Å². The molecule has 1 unspecified atom stereocenters. The number of hydrogen-bond acceptors (Lipinski definition) is 4. The van der Waals surface area contributed by atoms with Gasteiger partial charge in [-0.25, -0.2) is 0 Å². The quantitative estimate of drug-likeness (QED) is 0.722. The minimum absolute atomic E-state index is 0.109. The number of phenols is 1. The molecule has 3 N–H and O–H groups in total. The SMILES string of the molecule is CN(CC1(O)CCNC1)C(=O)Cc1ccccc1O. The van der Waals surface area contributed by atoms with Gasteiger partial charge in [-0.1, -0.05) is 18.2 Å². The number of benzene rings is 1. The summed E-state index contributed by atoms with van der Waals surface area (Å²) in [5.41, 5.74) is -0.223. The minimum Gasteiger partial charge on any atom is -0.508 e. The highest BCUT2D eigenvalue weighted by atomic mass is 16.3. The van der Waals surface area contributed by atoms with E-state index in [1.807, 2.05) is 0 Å². The van der Waals surface area contributed by atoms with Crippen molar-refractivity contribution in [2.24, 2.45) is 0 Å². The number of aromatic hydroxyl groups is 1. The lowest BCUT2D eigenvalue weighted by Gasteiger charge is -2.28. The van der Waals surface area contributed by atoms with Crippen LogP contribution in [0.5, 0.6) is 5.75 Å². The van der Waals surface area contributed by atoms with Crippen molar-refractivity contribution in [3.05, 3.63) is 29.8 Å². The number of aliphatic hydroxyl groups is 1. The first-order chi connectivity index (χ1) is 9.00. The summed E-state index contributed by atoms with van der Waals surface area (Å²) in [6, 6.07) is 6.81. The molecule has 5 nitrogen and oxygen atoms in total. The zero-order valence-electron chi connectivity index (χ0n) is 11.1. The molecule has 1 amide bonds. The van der Waals surface area contributed by atoms with Crippen LogP contribution in [0.2, 0.25) is 0 Å². The molecule has 2 rings (SSSR count). The van der Waals surface area contributed by atoms with Crippen molar-refractivity contribution < 1.29 is 15.0 Å². The predicted molar refractivity (Wildman–Crippen MR) is 71.9 cm³/mol. The maximum atomic E-state index is 12.1. The van der Waals surface area contributed by atoms with E-state index in [1.54, 1.807) is 31.3 Å². The van der Waals surface area contributed by atoms with Crippen LogP contribution in [0.1, 0.15) is 12.0 Å². The zero-order chi connectivity index (χ0) is 13.9. The average Bonchev–Trinajstić information content (AvgIpc) is 2.78. The van der Waals surface area contributed by atoms with Gasteiger partial charge < -0.3 is 20.4 Å². The van der Waals surface area contributed by atoms with E-state index in [0.29, 0.717) is 25.1 Å². The Balaban J connectivity index is 1.94. The number of phenolic OH excluding ortho intramolecular Hbond substituents is 1. The van der Waals surface area contributed by atoms with Crippen LogP contribution in [0.4, 0.5) is 0 Å². The molecule has 104 valence electrons. The normalized spacial score (nSPS) is 22.4. The summed E-state index contributed by atoms with van der Waals surface area (Å²) < 4.78 is 0. The van der Waals surface area contributed by atoms with Gasteiger partial charge in [0.15, 0.2) is 0 Å². The molecule has 0 spiro atoms. The van der Waals surface area contributed by atoms with Crippen molar-refractivity contribution in [1.82, 2.24) is 10.2 Å². The van der Waals surface area contributed by atoms with E-state index in [1.165, 1.54) is 4.90 Å². The molecular weight excluding hydrogens is 244 g/mol. The smallest absolute Gasteiger partial charge is 0.226 e. The fourth-order valence-corrected chi connectivity index (χ4v) is 2.35. The van der Waals surface area contributed by atoms with Crippen LogP contribution in [0.3, 0.4) is 0 Å². The lowest BCUT2D eigenvalue weighted by atomic mass is 10.0. The summed E-state index contributed by atoms with van der Waals surface area (Å²) in [7, 11) is 1.68. The summed E-state index contributed by atoms with van der Waals surface area (Å²) in [6.45, 7) is 1.60. The standard InChI is InChI=1S/C14H20N2O3/c1-16(10-14(19)6-7-15-9-14)13(18)8-11-4-2-3-5-12(11)17/h2-5,15,17,19H,6-10H2,1H3. The van der Waals surface area contributed by atoms with Gasteiger partial charge in [-0.3, -0.25) is 4.79 Å². The molecule has 1 aromatic carbocycles. The maximum absolute atomic E-state index is 12.1. The topological polar surface area (TPSA) is 72.8 Å². The van der Waals surface area contributed by atoms with Gasteiger partial charge in [-0.15, -0.1) is 0 Å². The highest BCUT2D eigenvalue weighted by Crippen LogP contribution is 2.19. The summed E-state index contributed by atoms with van der Waals surface area (Å²) in [4.78, 5) is 13.6. The number of rotatable bonds is 4. The largest absolute Gasteiger partial charge is 0.508 e. The molecule has 1 aliphatic heterocycles. The van der Waals surface area contributed by atoms with Gasteiger partial charge in [-0.2, -0.15) is 0 Å². The highest BCUT2D eigenvalue weighted by molar-refractivity contribution is 5.79. The molecule has 0 aliphatic carbocycles. The van der Waals surface area contributed by atoms with Gasteiger partial charge in [0.25, 0.3) is 0 Å². The summed E-state index contributed by atoms with van der Waals surface area (Å²) in [5.74, 6) is 0.0207. The third-order valence-corrected chi connectivity index (χ3v) is 3.51. The number of para-hydroxylation sites is 1. The van der Waals surface area contributed by atoms with Crippen LogP contribution in [-0.2, 0) is 11.2 Å². The Morgan fingerprint density at radius 1 is 1.47 bits per heavy atom. The number of nitrogens with one attached hydrogen (secondary N) is 1. The first-order valence-electron chi connectivity index (χ1n) is 6.44. The monoisotopic (exact) mass is 264 g/mol. The molecule has 1 fully saturated rings. The maximum Gasteiger partial charge on any atom is 0.226 e. The Morgan fingerprint density at radius 2 is 2.21 bits per heavy atom. The first-order valence-corrected chi connectivity index (χ1v) is 6.44. The van der Waals surface area contributed by atoms with Gasteiger partial charge in [0.2, 0.25) is 5.91 Å². The Hall–Kier alpha value is -1.59. The third-order valence-electron chi connectivity index (χ3n) is 3.51. The number of likely N-dealkylation sites (N-methyl/N-ethyl adjacent to an activating group) is 1. The molecule has 1 atom stereocenters. The Kier molecular flexibility index (Phi) is 4.07. The Morgan fingerprint density at radius 3 is 2.84 bits per heavy atom.